The summed E-state index contributed by atoms with van der Waals surface area (Å²) in [4.78, 5) is 14.2. The Morgan fingerprint density at radius 1 is 1.25 bits per heavy atom. The molecule has 3 heteroatoms. The summed E-state index contributed by atoms with van der Waals surface area (Å²) in [6.07, 6.45) is 4.13. The molecule has 0 N–H and O–H groups in total. The third-order valence-electron chi connectivity index (χ3n) is 3.75. The van der Waals surface area contributed by atoms with E-state index in [-0.39, 0.29) is 35.5 Å². The molecule has 0 spiro atoms. The van der Waals surface area contributed by atoms with Gasteiger partial charge in [-0.1, -0.05) is 18.7 Å². The van der Waals surface area contributed by atoms with E-state index in [1.165, 1.54) is 0 Å². The molecule has 0 aromatic heterocycles. The molecule has 3 heterocycles. The van der Waals surface area contributed by atoms with Gasteiger partial charge >= 0.3 is 0 Å². The summed E-state index contributed by atoms with van der Waals surface area (Å²) in [7, 11) is 0. The fraction of sp³-hybridized carbons (Fsp3) is 0.615. The van der Waals surface area contributed by atoms with Crippen molar-refractivity contribution in [2.24, 2.45) is 11.8 Å². The number of likely N-dealkylation sites (tertiary alicyclic amines) is 1. The van der Waals surface area contributed by atoms with Gasteiger partial charge in [0, 0.05) is 17.2 Å². The Balaban J connectivity index is 2.01. The van der Waals surface area contributed by atoms with Crippen molar-refractivity contribution in [3.63, 3.8) is 0 Å². The molecule has 0 aliphatic carbocycles. The minimum Gasteiger partial charge on any atom is -0.365 e. The van der Waals surface area contributed by atoms with E-state index >= 15 is 0 Å². The SMILES string of the molecule is C=C1C2C3C=CC(O3)C2C(=O)N1C(C)(C)C. The van der Waals surface area contributed by atoms with E-state index < -0.39 is 0 Å². The monoisotopic (exact) mass is 219 g/mol. The summed E-state index contributed by atoms with van der Waals surface area (Å²) in [6, 6.07) is 0. The van der Waals surface area contributed by atoms with Crippen molar-refractivity contribution in [2.75, 3.05) is 0 Å². The maximum absolute atomic E-state index is 12.4. The van der Waals surface area contributed by atoms with Crippen molar-refractivity contribution in [3.8, 4) is 0 Å². The largest absolute Gasteiger partial charge is 0.365 e. The van der Waals surface area contributed by atoms with Gasteiger partial charge in [-0.25, -0.2) is 0 Å². The number of fused-ring (bicyclic) bond motifs is 5. The highest BCUT2D eigenvalue weighted by molar-refractivity contribution is 5.87. The number of amides is 1. The zero-order chi connectivity index (χ0) is 11.7. The summed E-state index contributed by atoms with van der Waals surface area (Å²) in [5, 5.41) is 0. The van der Waals surface area contributed by atoms with Gasteiger partial charge in [-0.05, 0) is 20.8 Å². The van der Waals surface area contributed by atoms with E-state index in [2.05, 4.69) is 12.7 Å². The van der Waals surface area contributed by atoms with Crippen LogP contribution in [0.25, 0.3) is 0 Å². The average Bonchev–Trinajstić information content (AvgIpc) is 2.77. The molecule has 3 aliphatic rings. The number of carbonyl (C=O) groups is 1. The highest BCUT2D eigenvalue weighted by Gasteiger charge is 2.59. The number of hydrogen-bond acceptors (Lipinski definition) is 2. The Kier molecular flexibility index (Phi) is 1.75. The van der Waals surface area contributed by atoms with E-state index in [1.807, 2.05) is 31.7 Å². The van der Waals surface area contributed by atoms with Crippen LogP contribution in [0, 0.1) is 11.8 Å². The minimum atomic E-state index is -0.183. The molecule has 4 unspecified atom stereocenters. The molecule has 2 saturated heterocycles. The molecule has 0 saturated carbocycles. The summed E-state index contributed by atoms with van der Waals surface area (Å²) in [5.41, 5.74) is 0.747. The Morgan fingerprint density at radius 3 is 2.31 bits per heavy atom. The molecule has 0 aromatic rings. The van der Waals surface area contributed by atoms with Crippen molar-refractivity contribution >= 4 is 5.91 Å². The standard InChI is InChI=1S/C13H17NO2/c1-7-10-8-5-6-9(16-8)11(10)12(15)14(7)13(2,3)4/h5-6,8-11H,1H2,2-4H3. The lowest BCUT2D eigenvalue weighted by atomic mass is 9.84. The van der Waals surface area contributed by atoms with Gasteiger partial charge in [0.05, 0.1) is 18.1 Å². The Morgan fingerprint density at radius 2 is 1.81 bits per heavy atom. The lowest BCUT2D eigenvalue weighted by Gasteiger charge is -2.34. The fourth-order valence-corrected chi connectivity index (χ4v) is 3.20. The third-order valence-corrected chi connectivity index (χ3v) is 3.75. The van der Waals surface area contributed by atoms with Gasteiger partial charge in [0.15, 0.2) is 0 Å². The number of hydrogen-bond donors (Lipinski definition) is 0. The molecule has 86 valence electrons. The second-order valence-corrected chi connectivity index (χ2v) is 5.84. The summed E-state index contributed by atoms with van der Waals surface area (Å²) >= 11 is 0. The van der Waals surface area contributed by atoms with E-state index in [0.717, 1.165) is 5.70 Å². The predicted molar refractivity (Wildman–Crippen MR) is 60.5 cm³/mol. The van der Waals surface area contributed by atoms with Gasteiger partial charge < -0.3 is 9.64 Å². The second kappa shape index (κ2) is 2.77. The van der Waals surface area contributed by atoms with Crippen LogP contribution in [0.5, 0.6) is 0 Å². The average molecular weight is 219 g/mol. The van der Waals surface area contributed by atoms with Crippen LogP contribution in [0.2, 0.25) is 0 Å². The third kappa shape index (κ3) is 1.04. The smallest absolute Gasteiger partial charge is 0.234 e. The minimum absolute atomic E-state index is 0.0217. The van der Waals surface area contributed by atoms with Crippen LogP contribution in [0.15, 0.2) is 24.4 Å². The van der Waals surface area contributed by atoms with Gasteiger partial charge in [0.2, 0.25) is 5.91 Å². The van der Waals surface area contributed by atoms with Gasteiger partial charge in [0.1, 0.15) is 0 Å². The predicted octanol–water partition coefficient (Wildman–Crippen LogP) is 1.71. The highest BCUT2D eigenvalue weighted by Crippen LogP contribution is 2.50. The number of nitrogens with zero attached hydrogens (tertiary/aromatic N) is 1. The molecule has 2 fully saturated rings. The van der Waals surface area contributed by atoms with Crippen LogP contribution < -0.4 is 0 Å². The lowest BCUT2D eigenvalue weighted by molar-refractivity contribution is -0.135. The normalized spacial score (nSPS) is 41.1. The molecule has 1 amide bonds. The topological polar surface area (TPSA) is 29.5 Å². The van der Waals surface area contributed by atoms with Crippen LogP contribution in [0.4, 0.5) is 0 Å². The lowest BCUT2D eigenvalue weighted by Crippen LogP contribution is -2.43. The van der Waals surface area contributed by atoms with Gasteiger partial charge in [0.25, 0.3) is 0 Å². The summed E-state index contributed by atoms with van der Waals surface area (Å²) in [5.74, 6) is 0.322. The van der Waals surface area contributed by atoms with Gasteiger partial charge in [-0.3, -0.25) is 4.79 Å². The molecule has 3 nitrogen and oxygen atoms in total. The fourth-order valence-electron chi connectivity index (χ4n) is 3.20. The molecule has 0 aromatic carbocycles. The summed E-state index contributed by atoms with van der Waals surface area (Å²) < 4.78 is 5.72. The van der Waals surface area contributed by atoms with Crippen LogP contribution in [-0.2, 0) is 9.53 Å². The Bertz CT molecular complexity index is 375. The van der Waals surface area contributed by atoms with Crippen LogP contribution >= 0.6 is 0 Å². The molecule has 2 bridgehead atoms. The van der Waals surface area contributed by atoms with E-state index in [0.29, 0.717) is 0 Å². The number of carbonyl (C=O) groups excluding carboxylic acids is 1. The zero-order valence-corrected chi connectivity index (χ0v) is 9.93. The second-order valence-electron chi connectivity index (χ2n) is 5.84. The highest BCUT2D eigenvalue weighted by atomic mass is 16.5. The maximum atomic E-state index is 12.4. The molecule has 3 rings (SSSR count). The molecular formula is C13H17NO2. The molecule has 16 heavy (non-hydrogen) atoms. The van der Waals surface area contributed by atoms with Gasteiger partial charge in [-0.15, -0.1) is 0 Å². The zero-order valence-electron chi connectivity index (χ0n) is 9.93. The van der Waals surface area contributed by atoms with E-state index in [9.17, 15) is 4.79 Å². The van der Waals surface area contributed by atoms with E-state index in [4.69, 9.17) is 4.74 Å². The van der Waals surface area contributed by atoms with Crippen molar-refractivity contribution in [1.82, 2.24) is 4.90 Å². The first-order chi connectivity index (χ1) is 7.41. The van der Waals surface area contributed by atoms with Crippen molar-refractivity contribution < 1.29 is 9.53 Å². The number of ether oxygens (including phenoxy) is 1. The molecule has 4 atom stereocenters. The number of rotatable bonds is 0. The molecule has 0 radical (unpaired) electrons. The first-order valence-electron chi connectivity index (χ1n) is 5.78. The molecule has 3 aliphatic heterocycles. The maximum Gasteiger partial charge on any atom is 0.234 e. The Hall–Kier alpha value is -1.09. The van der Waals surface area contributed by atoms with Crippen LogP contribution in [0.3, 0.4) is 0 Å². The van der Waals surface area contributed by atoms with Crippen molar-refractivity contribution in [3.05, 3.63) is 24.4 Å². The van der Waals surface area contributed by atoms with Crippen LogP contribution in [-0.4, -0.2) is 28.6 Å². The van der Waals surface area contributed by atoms with Crippen molar-refractivity contribution in [1.29, 1.82) is 0 Å². The quantitative estimate of drug-likeness (QED) is 0.580. The first kappa shape index (κ1) is 10.1. The summed E-state index contributed by atoms with van der Waals surface area (Å²) in [6.45, 7) is 10.3. The molecular weight excluding hydrogens is 202 g/mol. The Labute approximate surface area is 95.8 Å². The van der Waals surface area contributed by atoms with Gasteiger partial charge in [-0.2, -0.15) is 0 Å². The van der Waals surface area contributed by atoms with Crippen molar-refractivity contribution in [2.45, 2.75) is 38.5 Å². The first-order valence-corrected chi connectivity index (χ1v) is 5.78. The van der Waals surface area contributed by atoms with Crippen LogP contribution in [0.1, 0.15) is 20.8 Å². The van der Waals surface area contributed by atoms with E-state index in [1.54, 1.807) is 0 Å².